The molecule has 0 spiro atoms. The molecular weight excluding hydrogens is 536 g/mol. The number of carbonyl (C=O) groups is 1. The highest BCUT2D eigenvalue weighted by Crippen LogP contribution is 2.66. The summed E-state index contributed by atoms with van der Waals surface area (Å²) in [6.45, 7) is 15.5. The maximum absolute atomic E-state index is 12.4. The van der Waals surface area contributed by atoms with Crippen molar-refractivity contribution in [1.29, 1.82) is 0 Å². The summed E-state index contributed by atoms with van der Waals surface area (Å²) in [5.74, 6) is 4.61. The van der Waals surface area contributed by atoms with Gasteiger partial charge in [-0.25, -0.2) is 0 Å². The van der Waals surface area contributed by atoms with Crippen LogP contribution < -0.4 is 0 Å². The molecule has 0 aliphatic heterocycles. The fraction of sp³-hybridized carbons (Fsp3) is 0.929. The second-order valence-electron chi connectivity index (χ2n) is 17.1. The van der Waals surface area contributed by atoms with Crippen molar-refractivity contribution in [1.82, 2.24) is 0 Å². The summed E-state index contributed by atoms with van der Waals surface area (Å²) in [4.78, 5) is 12.4. The van der Waals surface area contributed by atoms with E-state index >= 15 is 0 Å². The molecule has 254 valence electrons. The molecule has 0 heterocycles. The second kappa shape index (κ2) is 17.4. The van der Waals surface area contributed by atoms with Crippen LogP contribution in [0, 0.1) is 46.3 Å². The van der Waals surface area contributed by atoms with E-state index in [-0.39, 0.29) is 5.97 Å². The number of rotatable bonds is 19. The Morgan fingerprint density at radius 1 is 0.773 bits per heavy atom. The fourth-order valence-electron chi connectivity index (χ4n) is 10.9. The van der Waals surface area contributed by atoms with Crippen LogP contribution in [0.5, 0.6) is 0 Å². The molecule has 4 rings (SSSR count). The zero-order chi connectivity index (χ0) is 31.6. The summed E-state index contributed by atoms with van der Waals surface area (Å²) in [5.41, 5.74) is 4.99. The lowest BCUT2D eigenvalue weighted by molar-refractivity contribution is -0.145. The molecule has 2 heteroatoms. The zero-order valence-corrected chi connectivity index (χ0v) is 30.5. The molecule has 2 saturated carbocycles. The van der Waals surface area contributed by atoms with Crippen LogP contribution in [-0.4, -0.2) is 12.6 Å². The molecule has 0 aromatic carbocycles. The molecule has 0 N–H and O–H groups in total. The van der Waals surface area contributed by atoms with Gasteiger partial charge in [-0.15, -0.1) is 0 Å². The van der Waals surface area contributed by atoms with Crippen molar-refractivity contribution in [3.05, 3.63) is 11.1 Å². The smallest absolute Gasteiger partial charge is 0.305 e. The number of allylic oxidation sites excluding steroid dienone is 2. The lowest BCUT2D eigenvalue weighted by Crippen LogP contribution is -2.43. The predicted molar refractivity (Wildman–Crippen MR) is 189 cm³/mol. The third-order valence-corrected chi connectivity index (χ3v) is 14.2. The number of esters is 1. The maximum Gasteiger partial charge on any atom is 0.305 e. The average molecular weight is 611 g/mol. The van der Waals surface area contributed by atoms with E-state index in [0.717, 1.165) is 30.1 Å². The number of hydrogen-bond donors (Lipinski definition) is 0. The molecule has 44 heavy (non-hydrogen) atoms. The molecule has 2 nitrogen and oxygen atoms in total. The second-order valence-corrected chi connectivity index (χ2v) is 17.1. The Morgan fingerprint density at radius 3 is 2.16 bits per heavy atom. The first-order valence-corrected chi connectivity index (χ1v) is 20.1. The van der Waals surface area contributed by atoms with Gasteiger partial charge in [-0.2, -0.15) is 0 Å². The number of unbranched alkanes of at least 4 members (excludes halogenated alkanes) is 10. The van der Waals surface area contributed by atoms with Crippen LogP contribution >= 0.6 is 0 Å². The van der Waals surface area contributed by atoms with Gasteiger partial charge in [0.2, 0.25) is 0 Å². The highest BCUT2D eigenvalue weighted by atomic mass is 16.5. The summed E-state index contributed by atoms with van der Waals surface area (Å²) in [7, 11) is 0. The van der Waals surface area contributed by atoms with Gasteiger partial charge in [-0.05, 0) is 104 Å². The average Bonchev–Trinajstić information content (AvgIpc) is 3.38. The van der Waals surface area contributed by atoms with Gasteiger partial charge < -0.3 is 4.74 Å². The van der Waals surface area contributed by atoms with Crippen LogP contribution in [-0.2, 0) is 9.53 Å². The molecule has 0 aromatic rings. The lowest BCUT2D eigenvalue weighted by atomic mass is 9.50. The van der Waals surface area contributed by atoms with Crippen LogP contribution in [0.4, 0.5) is 0 Å². The molecule has 0 radical (unpaired) electrons. The highest BCUT2D eigenvalue weighted by Gasteiger charge is 2.55. The summed E-state index contributed by atoms with van der Waals surface area (Å²) < 4.78 is 5.76. The summed E-state index contributed by atoms with van der Waals surface area (Å²) in [6, 6.07) is 0. The minimum absolute atomic E-state index is 0.0281. The molecule has 2 fully saturated rings. The molecular formula is C42H74O2. The summed E-state index contributed by atoms with van der Waals surface area (Å²) in [5, 5.41) is 0. The van der Waals surface area contributed by atoms with E-state index in [4.69, 9.17) is 4.74 Å². The van der Waals surface area contributed by atoms with Crippen LogP contribution in [0.2, 0.25) is 0 Å². The molecule has 0 saturated heterocycles. The van der Waals surface area contributed by atoms with Gasteiger partial charge >= 0.3 is 5.97 Å². The van der Waals surface area contributed by atoms with Crippen molar-refractivity contribution in [3.63, 3.8) is 0 Å². The van der Waals surface area contributed by atoms with Crippen molar-refractivity contribution in [2.45, 2.75) is 196 Å². The Morgan fingerprint density at radius 2 is 1.45 bits per heavy atom. The molecule has 4 aliphatic carbocycles. The van der Waals surface area contributed by atoms with Crippen molar-refractivity contribution in [2.75, 3.05) is 6.61 Å². The Bertz CT molecular complexity index is 903. The van der Waals surface area contributed by atoms with Crippen LogP contribution in [0.15, 0.2) is 11.1 Å². The third-order valence-electron chi connectivity index (χ3n) is 14.2. The monoisotopic (exact) mass is 611 g/mol. The first-order chi connectivity index (χ1) is 21.2. The van der Waals surface area contributed by atoms with Gasteiger partial charge in [-0.1, -0.05) is 143 Å². The van der Waals surface area contributed by atoms with Gasteiger partial charge in [0.15, 0.2) is 0 Å². The van der Waals surface area contributed by atoms with Gasteiger partial charge in [0.1, 0.15) is 0 Å². The molecule has 0 bridgehead atoms. The predicted octanol–water partition coefficient (Wildman–Crippen LogP) is 13.0. The van der Waals surface area contributed by atoms with E-state index in [2.05, 4.69) is 41.5 Å². The van der Waals surface area contributed by atoms with Crippen LogP contribution in [0.25, 0.3) is 0 Å². The largest absolute Gasteiger partial charge is 0.465 e. The van der Waals surface area contributed by atoms with Gasteiger partial charge in [0.05, 0.1) is 6.61 Å². The number of fused-ring (bicyclic) bond motifs is 4. The van der Waals surface area contributed by atoms with Crippen molar-refractivity contribution in [2.24, 2.45) is 46.3 Å². The van der Waals surface area contributed by atoms with Crippen molar-refractivity contribution in [3.8, 4) is 0 Å². The maximum atomic E-state index is 12.4. The van der Waals surface area contributed by atoms with E-state index in [9.17, 15) is 4.79 Å². The van der Waals surface area contributed by atoms with Gasteiger partial charge in [0, 0.05) is 6.42 Å². The Kier molecular flexibility index (Phi) is 14.2. The molecule has 0 aromatic heterocycles. The van der Waals surface area contributed by atoms with Crippen molar-refractivity contribution < 1.29 is 9.53 Å². The van der Waals surface area contributed by atoms with Gasteiger partial charge in [0.25, 0.3) is 0 Å². The van der Waals surface area contributed by atoms with E-state index in [1.807, 2.05) is 11.1 Å². The third kappa shape index (κ3) is 8.97. The SMILES string of the molecule is CCCCCCCCCCCCCC(=O)OCC(C)[C@@H](C)CC[C@@H](C)[C@H]1CC[C@H]2C3=C(CC[C@]12C)[C@@]1(C)CCCCC1CC3. The quantitative estimate of drug-likeness (QED) is 0.0826. The summed E-state index contributed by atoms with van der Waals surface area (Å²) in [6.07, 6.45) is 32.2. The van der Waals surface area contributed by atoms with E-state index in [0.29, 0.717) is 35.7 Å². The fourth-order valence-corrected chi connectivity index (χ4v) is 10.9. The first-order valence-electron chi connectivity index (χ1n) is 20.1. The van der Waals surface area contributed by atoms with Crippen molar-refractivity contribution >= 4 is 5.97 Å². The molecule has 4 aliphatic rings. The van der Waals surface area contributed by atoms with Crippen LogP contribution in [0.3, 0.4) is 0 Å². The standard InChI is InChI=1S/C42H74O2/c1-7-8-9-10-11-12-13-14-15-16-17-21-40(43)44-31-34(4)32(2)22-23-33(3)37-26-27-38-36-25-24-35-20-18-19-29-41(35,5)39(36)28-30-42(37,38)6/h32-35,37-38H,7-31H2,1-6H3/t32-,33+,34?,35?,37+,38-,41-,42+/m0/s1. The normalized spacial score (nSPS) is 32.0. The number of hydrogen-bond acceptors (Lipinski definition) is 2. The number of carbonyl (C=O) groups excluding carboxylic acids is 1. The molecule has 0 amide bonds. The highest BCUT2D eigenvalue weighted by molar-refractivity contribution is 5.69. The van der Waals surface area contributed by atoms with Gasteiger partial charge in [-0.3, -0.25) is 4.79 Å². The summed E-state index contributed by atoms with van der Waals surface area (Å²) >= 11 is 0. The lowest BCUT2D eigenvalue weighted by Gasteiger charge is -2.54. The zero-order valence-electron chi connectivity index (χ0n) is 30.5. The minimum Gasteiger partial charge on any atom is -0.465 e. The minimum atomic E-state index is 0.0281. The first kappa shape index (κ1) is 36.1. The van der Waals surface area contributed by atoms with E-state index in [1.165, 1.54) is 141 Å². The molecule has 8 atom stereocenters. The Labute approximate surface area is 274 Å². The Balaban J connectivity index is 1.11. The van der Waals surface area contributed by atoms with E-state index in [1.54, 1.807) is 0 Å². The number of ether oxygens (including phenoxy) is 1. The Hall–Kier alpha value is -0.790. The van der Waals surface area contributed by atoms with Crippen LogP contribution in [0.1, 0.15) is 196 Å². The van der Waals surface area contributed by atoms with E-state index < -0.39 is 0 Å². The molecule has 2 unspecified atom stereocenters. The topological polar surface area (TPSA) is 26.3 Å².